The second kappa shape index (κ2) is 6.46. The quantitative estimate of drug-likeness (QED) is 0.633. The molecule has 0 saturated heterocycles. The highest BCUT2D eigenvalue weighted by atomic mass is 16.3. The molecule has 3 nitrogen and oxygen atoms in total. The van der Waals surface area contributed by atoms with Crippen LogP contribution in [0.1, 0.15) is 41.5 Å². The van der Waals surface area contributed by atoms with Gasteiger partial charge in [0.05, 0.1) is 5.60 Å². The zero-order chi connectivity index (χ0) is 12.1. The van der Waals surface area contributed by atoms with E-state index in [4.69, 9.17) is 0 Å². The third-order valence-electron chi connectivity index (χ3n) is 2.43. The molecule has 0 aliphatic rings. The largest absolute Gasteiger partial charge is 0.389 e. The molecular formula is C12H28N2O. The first kappa shape index (κ1) is 14.9. The number of rotatable bonds is 7. The summed E-state index contributed by atoms with van der Waals surface area (Å²) in [5.41, 5.74) is -0.611. The van der Waals surface area contributed by atoms with Gasteiger partial charge in [-0.1, -0.05) is 0 Å². The Balaban J connectivity index is 3.73. The molecule has 92 valence electrons. The first-order valence-electron chi connectivity index (χ1n) is 5.93. The van der Waals surface area contributed by atoms with E-state index < -0.39 is 5.60 Å². The maximum Gasteiger partial charge on any atom is 0.0715 e. The normalized spacial score (nSPS) is 13.2. The van der Waals surface area contributed by atoms with Crippen LogP contribution in [0.4, 0.5) is 0 Å². The second-order valence-corrected chi connectivity index (χ2v) is 5.41. The van der Waals surface area contributed by atoms with Crippen molar-refractivity contribution in [1.82, 2.24) is 10.2 Å². The molecule has 0 aromatic carbocycles. The van der Waals surface area contributed by atoms with E-state index in [1.165, 1.54) is 0 Å². The third kappa shape index (κ3) is 7.77. The predicted molar refractivity (Wildman–Crippen MR) is 66.1 cm³/mol. The maximum atomic E-state index is 9.53. The zero-order valence-corrected chi connectivity index (χ0v) is 11.2. The lowest BCUT2D eigenvalue weighted by molar-refractivity contribution is 0.0778. The van der Waals surface area contributed by atoms with E-state index in [0.29, 0.717) is 18.6 Å². The van der Waals surface area contributed by atoms with Gasteiger partial charge in [0.1, 0.15) is 0 Å². The summed E-state index contributed by atoms with van der Waals surface area (Å²) in [6.45, 7) is 15.1. The van der Waals surface area contributed by atoms with Gasteiger partial charge in [0, 0.05) is 31.7 Å². The van der Waals surface area contributed by atoms with Crippen molar-refractivity contribution in [3.05, 3.63) is 0 Å². The van der Waals surface area contributed by atoms with Crippen molar-refractivity contribution in [3.63, 3.8) is 0 Å². The van der Waals surface area contributed by atoms with Crippen molar-refractivity contribution in [2.45, 2.75) is 59.2 Å². The summed E-state index contributed by atoms with van der Waals surface area (Å²) in [5, 5.41) is 12.8. The Morgan fingerprint density at radius 3 is 1.93 bits per heavy atom. The lowest BCUT2D eigenvalue weighted by Crippen LogP contribution is -2.43. The average molecular weight is 216 g/mol. The van der Waals surface area contributed by atoms with Gasteiger partial charge in [-0.3, -0.25) is 4.90 Å². The topological polar surface area (TPSA) is 35.5 Å². The van der Waals surface area contributed by atoms with Crippen molar-refractivity contribution in [2.24, 2.45) is 0 Å². The van der Waals surface area contributed by atoms with E-state index >= 15 is 0 Å². The van der Waals surface area contributed by atoms with Crippen molar-refractivity contribution in [1.29, 1.82) is 0 Å². The van der Waals surface area contributed by atoms with E-state index in [1.807, 2.05) is 13.8 Å². The Hall–Kier alpha value is -0.120. The fourth-order valence-electron chi connectivity index (χ4n) is 1.72. The summed E-state index contributed by atoms with van der Waals surface area (Å²) in [4.78, 5) is 2.44. The first-order valence-corrected chi connectivity index (χ1v) is 5.93. The van der Waals surface area contributed by atoms with E-state index in [0.717, 1.165) is 13.1 Å². The molecule has 0 rings (SSSR count). The molecular weight excluding hydrogens is 188 g/mol. The monoisotopic (exact) mass is 216 g/mol. The van der Waals surface area contributed by atoms with Crippen molar-refractivity contribution < 1.29 is 5.11 Å². The number of hydrogen-bond donors (Lipinski definition) is 2. The summed E-state index contributed by atoms with van der Waals surface area (Å²) in [6.07, 6.45) is 0. The van der Waals surface area contributed by atoms with Crippen LogP contribution in [0.15, 0.2) is 0 Å². The van der Waals surface area contributed by atoms with E-state index in [-0.39, 0.29) is 0 Å². The van der Waals surface area contributed by atoms with E-state index in [9.17, 15) is 5.11 Å². The molecule has 0 atom stereocenters. The minimum Gasteiger partial charge on any atom is -0.389 e. The molecule has 0 aliphatic carbocycles. The van der Waals surface area contributed by atoms with Gasteiger partial charge in [0.25, 0.3) is 0 Å². The smallest absolute Gasteiger partial charge is 0.0715 e. The van der Waals surface area contributed by atoms with Crippen LogP contribution >= 0.6 is 0 Å². The Morgan fingerprint density at radius 1 is 1.13 bits per heavy atom. The fourth-order valence-corrected chi connectivity index (χ4v) is 1.72. The molecule has 0 aromatic heterocycles. The summed E-state index contributed by atoms with van der Waals surface area (Å²) in [5.74, 6) is 0. The van der Waals surface area contributed by atoms with Gasteiger partial charge < -0.3 is 10.4 Å². The van der Waals surface area contributed by atoms with Crippen LogP contribution in [0.3, 0.4) is 0 Å². The predicted octanol–water partition coefficient (Wildman–Crippen LogP) is 1.47. The molecule has 0 aromatic rings. The minimum atomic E-state index is -0.611. The third-order valence-corrected chi connectivity index (χ3v) is 2.43. The highest BCUT2D eigenvalue weighted by Crippen LogP contribution is 2.03. The van der Waals surface area contributed by atoms with Gasteiger partial charge in [0.15, 0.2) is 0 Å². The standard InChI is InChI=1S/C12H28N2O/c1-10(2)14(11(3)4)8-7-13-9-12(5,6)15/h10-11,13,15H,7-9H2,1-6H3. The Labute approximate surface area is 94.9 Å². The summed E-state index contributed by atoms with van der Waals surface area (Å²) >= 11 is 0. The Morgan fingerprint density at radius 2 is 1.60 bits per heavy atom. The van der Waals surface area contributed by atoms with E-state index in [1.54, 1.807) is 0 Å². The van der Waals surface area contributed by atoms with Gasteiger partial charge in [-0.2, -0.15) is 0 Å². The van der Waals surface area contributed by atoms with E-state index in [2.05, 4.69) is 37.9 Å². The van der Waals surface area contributed by atoms with Gasteiger partial charge in [-0.25, -0.2) is 0 Å². The molecule has 3 heteroatoms. The average Bonchev–Trinajstić information content (AvgIpc) is 2.00. The van der Waals surface area contributed by atoms with Crippen molar-refractivity contribution in [3.8, 4) is 0 Å². The highest BCUT2D eigenvalue weighted by Gasteiger charge is 2.14. The van der Waals surface area contributed by atoms with Crippen molar-refractivity contribution >= 4 is 0 Å². The van der Waals surface area contributed by atoms with Gasteiger partial charge in [-0.05, 0) is 41.5 Å². The molecule has 0 aliphatic heterocycles. The molecule has 0 unspecified atom stereocenters. The van der Waals surface area contributed by atoms with Crippen LogP contribution < -0.4 is 5.32 Å². The van der Waals surface area contributed by atoms with Gasteiger partial charge >= 0.3 is 0 Å². The number of nitrogens with one attached hydrogen (secondary N) is 1. The Kier molecular flexibility index (Phi) is 6.41. The summed E-state index contributed by atoms with van der Waals surface area (Å²) < 4.78 is 0. The summed E-state index contributed by atoms with van der Waals surface area (Å²) in [6, 6.07) is 1.16. The molecule has 0 bridgehead atoms. The second-order valence-electron chi connectivity index (χ2n) is 5.41. The number of hydrogen-bond acceptors (Lipinski definition) is 3. The molecule has 0 amide bonds. The molecule has 15 heavy (non-hydrogen) atoms. The maximum absolute atomic E-state index is 9.53. The van der Waals surface area contributed by atoms with Crippen LogP contribution in [-0.2, 0) is 0 Å². The summed E-state index contributed by atoms with van der Waals surface area (Å²) in [7, 11) is 0. The van der Waals surface area contributed by atoms with Crippen LogP contribution in [0, 0.1) is 0 Å². The first-order chi connectivity index (χ1) is 6.74. The highest BCUT2D eigenvalue weighted by molar-refractivity contribution is 4.71. The lowest BCUT2D eigenvalue weighted by Gasteiger charge is -2.31. The fraction of sp³-hybridized carbons (Fsp3) is 1.00. The molecule has 0 radical (unpaired) electrons. The minimum absolute atomic E-state index is 0.578. The SMILES string of the molecule is CC(C)N(CCNCC(C)(C)O)C(C)C. The molecule has 2 N–H and O–H groups in total. The van der Waals surface area contributed by atoms with Gasteiger partial charge in [-0.15, -0.1) is 0 Å². The molecule has 0 fully saturated rings. The number of aliphatic hydroxyl groups is 1. The van der Waals surface area contributed by atoms with Crippen LogP contribution in [0.25, 0.3) is 0 Å². The van der Waals surface area contributed by atoms with Crippen LogP contribution in [0.2, 0.25) is 0 Å². The van der Waals surface area contributed by atoms with Crippen LogP contribution in [0.5, 0.6) is 0 Å². The van der Waals surface area contributed by atoms with Crippen molar-refractivity contribution in [2.75, 3.05) is 19.6 Å². The number of nitrogens with zero attached hydrogens (tertiary/aromatic N) is 1. The Bertz CT molecular complexity index is 153. The molecule has 0 spiro atoms. The lowest BCUT2D eigenvalue weighted by atomic mass is 10.1. The molecule has 0 saturated carbocycles. The van der Waals surface area contributed by atoms with Crippen LogP contribution in [-0.4, -0.2) is 47.3 Å². The zero-order valence-electron chi connectivity index (χ0n) is 11.2. The molecule has 0 heterocycles. The van der Waals surface area contributed by atoms with Gasteiger partial charge in [0.2, 0.25) is 0 Å².